The Bertz CT molecular complexity index is 400. The largest absolute Gasteiger partial charge is 0.356 e. The number of unbranched alkanes of at least 4 members (excludes halogenated alkanes) is 1. The summed E-state index contributed by atoms with van der Waals surface area (Å²) in [5, 5.41) is 3.00. The number of amides is 3. The summed E-state index contributed by atoms with van der Waals surface area (Å²) >= 11 is 0. The number of hydrogen-bond acceptors (Lipinski definition) is 5. The Morgan fingerprint density at radius 3 is 2.47 bits per heavy atom. The van der Waals surface area contributed by atoms with E-state index in [2.05, 4.69) is 10.2 Å². The van der Waals surface area contributed by atoms with Crippen molar-refractivity contribution in [2.45, 2.75) is 32.6 Å². The molecule has 1 heterocycles. The zero-order chi connectivity index (χ0) is 14.3. The third-order valence-corrected chi connectivity index (χ3v) is 2.39. The lowest BCUT2D eigenvalue weighted by Gasteiger charge is -2.10. The van der Waals surface area contributed by atoms with Gasteiger partial charge < -0.3 is 10.2 Å². The van der Waals surface area contributed by atoms with Crippen molar-refractivity contribution in [1.29, 1.82) is 0 Å². The molecule has 19 heavy (non-hydrogen) atoms. The normalized spacial score (nSPS) is 15.1. The maximum absolute atomic E-state index is 11.3. The first kappa shape index (κ1) is 14.9. The van der Waals surface area contributed by atoms with E-state index >= 15 is 0 Å². The maximum atomic E-state index is 11.3. The highest BCUT2D eigenvalue weighted by Gasteiger charge is 2.32. The summed E-state index contributed by atoms with van der Waals surface area (Å²) < 4.78 is 0. The van der Waals surface area contributed by atoms with Crippen LogP contribution in [0.5, 0.6) is 0 Å². The monoisotopic (exact) mass is 268 g/mol. The van der Waals surface area contributed by atoms with Crippen LogP contribution in [0.1, 0.15) is 32.6 Å². The predicted octanol–water partition coefficient (Wildman–Crippen LogP) is 0.0661. The summed E-state index contributed by atoms with van der Waals surface area (Å²) in [7, 11) is 0. The van der Waals surface area contributed by atoms with Crippen LogP contribution in [0.3, 0.4) is 0 Å². The average molecular weight is 268 g/mol. The van der Waals surface area contributed by atoms with Gasteiger partial charge in [0.1, 0.15) is 0 Å². The Kier molecular flexibility index (Phi) is 5.72. The fraction of sp³-hybridized carbons (Fsp3) is 0.500. The van der Waals surface area contributed by atoms with Crippen LogP contribution in [-0.2, 0) is 24.0 Å². The predicted molar refractivity (Wildman–Crippen MR) is 64.2 cm³/mol. The molecule has 7 nitrogen and oxygen atoms in total. The smallest absolute Gasteiger partial charge is 0.353 e. The second kappa shape index (κ2) is 7.30. The molecule has 104 valence electrons. The first-order valence-electron chi connectivity index (χ1n) is 6.08. The van der Waals surface area contributed by atoms with Gasteiger partial charge in [0.2, 0.25) is 5.91 Å². The summed E-state index contributed by atoms with van der Waals surface area (Å²) in [6, 6.07) is 0. The van der Waals surface area contributed by atoms with Gasteiger partial charge in [0, 0.05) is 31.5 Å². The van der Waals surface area contributed by atoms with Gasteiger partial charge in [-0.15, -0.1) is 5.06 Å². The van der Waals surface area contributed by atoms with E-state index in [4.69, 9.17) is 0 Å². The molecule has 1 saturated heterocycles. The van der Waals surface area contributed by atoms with Crippen LogP contribution in [-0.4, -0.2) is 35.3 Å². The molecule has 0 spiro atoms. The summed E-state index contributed by atoms with van der Waals surface area (Å²) in [4.78, 5) is 49.4. The fourth-order valence-electron chi connectivity index (χ4n) is 1.37. The fourth-order valence-corrected chi connectivity index (χ4v) is 1.37. The summed E-state index contributed by atoms with van der Waals surface area (Å²) in [6.45, 7) is 2.52. The lowest BCUT2D eigenvalue weighted by Crippen LogP contribution is -2.31. The molecule has 1 aliphatic rings. The van der Waals surface area contributed by atoms with E-state index in [1.165, 1.54) is 0 Å². The molecular formula is C12H16N2O5. The Morgan fingerprint density at radius 1 is 1.26 bits per heavy atom. The van der Waals surface area contributed by atoms with E-state index in [-0.39, 0.29) is 12.8 Å². The van der Waals surface area contributed by atoms with Crippen LogP contribution in [0.4, 0.5) is 0 Å². The van der Waals surface area contributed by atoms with Gasteiger partial charge in [0.25, 0.3) is 11.8 Å². The van der Waals surface area contributed by atoms with Crippen molar-refractivity contribution in [3.05, 3.63) is 12.2 Å². The van der Waals surface area contributed by atoms with E-state index in [1.54, 1.807) is 0 Å². The minimum absolute atomic E-state index is 0.0351. The molecule has 0 aromatic carbocycles. The van der Waals surface area contributed by atoms with Crippen molar-refractivity contribution in [3.8, 4) is 0 Å². The average Bonchev–Trinajstić information content (AvgIpc) is 2.68. The van der Waals surface area contributed by atoms with Crippen LogP contribution < -0.4 is 5.32 Å². The first-order valence-corrected chi connectivity index (χ1v) is 6.08. The van der Waals surface area contributed by atoms with Gasteiger partial charge in [-0.3, -0.25) is 14.4 Å². The van der Waals surface area contributed by atoms with Crippen LogP contribution in [0, 0.1) is 0 Å². The summed E-state index contributed by atoms with van der Waals surface area (Å²) in [6.07, 6.45) is 3.75. The summed E-state index contributed by atoms with van der Waals surface area (Å²) in [5.41, 5.74) is 0. The van der Waals surface area contributed by atoms with E-state index < -0.39 is 23.7 Å². The lowest BCUT2D eigenvalue weighted by molar-refractivity contribution is -0.193. The molecule has 1 aliphatic heterocycles. The molecule has 1 rings (SSSR count). The van der Waals surface area contributed by atoms with E-state index in [0.717, 1.165) is 25.0 Å². The third-order valence-electron chi connectivity index (χ3n) is 2.39. The number of imide groups is 1. The van der Waals surface area contributed by atoms with Crippen molar-refractivity contribution in [3.63, 3.8) is 0 Å². The molecule has 7 heteroatoms. The highest BCUT2D eigenvalue weighted by Crippen LogP contribution is 2.11. The van der Waals surface area contributed by atoms with Crippen molar-refractivity contribution < 1.29 is 24.0 Å². The van der Waals surface area contributed by atoms with Crippen molar-refractivity contribution in [2.75, 3.05) is 6.54 Å². The van der Waals surface area contributed by atoms with Gasteiger partial charge >= 0.3 is 5.97 Å². The number of hydroxylamine groups is 2. The number of carbonyl (C=O) groups excluding carboxylic acids is 4. The van der Waals surface area contributed by atoms with Gasteiger partial charge in [-0.25, -0.2) is 4.79 Å². The highest BCUT2D eigenvalue weighted by molar-refractivity contribution is 6.02. The maximum Gasteiger partial charge on any atom is 0.356 e. The lowest BCUT2D eigenvalue weighted by atomic mass is 10.3. The SMILES string of the molecule is CCCCNC(=O)/C=C\C(=O)ON1C(=O)CCC1=O. The Labute approximate surface area is 110 Å². The van der Waals surface area contributed by atoms with Crippen molar-refractivity contribution >= 4 is 23.7 Å². The molecule has 0 atom stereocenters. The zero-order valence-electron chi connectivity index (χ0n) is 10.7. The van der Waals surface area contributed by atoms with Gasteiger partial charge in [0.15, 0.2) is 0 Å². The van der Waals surface area contributed by atoms with E-state index in [0.29, 0.717) is 11.6 Å². The third kappa shape index (κ3) is 4.90. The number of nitrogens with one attached hydrogen (secondary N) is 1. The van der Waals surface area contributed by atoms with Crippen molar-refractivity contribution in [2.24, 2.45) is 0 Å². The molecular weight excluding hydrogens is 252 g/mol. The molecule has 3 amide bonds. The number of hydrogen-bond donors (Lipinski definition) is 1. The van der Waals surface area contributed by atoms with Crippen LogP contribution in [0.2, 0.25) is 0 Å². The Hall–Kier alpha value is -2.18. The van der Waals surface area contributed by atoms with Gasteiger partial charge in [-0.1, -0.05) is 13.3 Å². The Morgan fingerprint density at radius 2 is 1.89 bits per heavy atom. The quantitative estimate of drug-likeness (QED) is 0.418. The molecule has 0 radical (unpaired) electrons. The Balaban J connectivity index is 2.36. The molecule has 1 fully saturated rings. The minimum Gasteiger partial charge on any atom is -0.353 e. The highest BCUT2D eigenvalue weighted by atomic mass is 16.7. The number of carbonyl (C=O) groups is 4. The molecule has 1 N–H and O–H groups in total. The van der Waals surface area contributed by atoms with Crippen molar-refractivity contribution in [1.82, 2.24) is 10.4 Å². The molecule has 0 aromatic rings. The first-order chi connectivity index (χ1) is 9.04. The van der Waals surface area contributed by atoms with E-state index in [9.17, 15) is 19.2 Å². The minimum atomic E-state index is -0.936. The molecule has 0 bridgehead atoms. The van der Waals surface area contributed by atoms with Gasteiger partial charge in [0.05, 0.1) is 0 Å². The van der Waals surface area contributed by atoms with Crippen LogP contribution in [0.25, 0.3) is 0 Å². The number of nitrogens with zero attached hydrogens (tertiary/aromatic N) is 1. The molecule has 0 aliphatic carbocycles. The van der Waals surface area contributed by atoms with Gasteiger partial charge in [-0.2, -0.15) is 0 Å². The van der Waals surface area contributed by atoms with Crippen LogP contribution in [0.15, 0.2) is 12.2 Å². The van der Waals surface area contributed by atoms with Gasteiger partial charge in [-0.05, 0) is 6.42 Å². The standard InChI is InChI=1S/C12H16N2O5/c1-2-3-8-13-9(15)4-7-12(18)19-14-10(16)5-6-11(14)17/h4,7H,2-3,5-6,8H2,1H3,(H,13,15)/b7-4-. The van der Waals surface area contributed by atoms with E-state index in [1.807, 2.05) is 6.92 Å². The molecule has 0 saturated carbocycles. The topological polar surface area (TPSA) is 92.8 Å². The molecule has 0 unspecified atom stereocenters. The number of rotatable bonds is 6. The zero-order valence-corrected chi connectivity index (χ0v) is 10.7. The summed E-state index contributed by atoms with van der Waals surface area (Å²) in [5.74, 6) is -2.47. The second-order valence-electron chi connectivity index (χ2n) is 3.97. The molecule has 0 aromatic heterocycles. The second-order valence-corrected chi connectivity index (χ2v) is 3.97. The van der Waals surface area contributed by atoms with Crippen LogP contribution >= 0.6 is 0 Å².